The Kier molecular flexibility index (Phi) is 4.79. The first-order chi connectivity index (χ1) is 10.2. The quantitative estimate of drug-likeness (QED) is 0.744. The van der Waals surface area contributed by atoms with E-state index in [0.29, 0.717) is 6.42 Å². The SMILES string of the molecule is C=C(C)C1(Cc2ccccc2)CCCN1C(=O)CC(C)(C)C. The van der Waals surface area contributed by atoms with Crippen LogP contribution in [0.4, 0.5) is 0 Å². The number of carbonyl (C=O) groups is 1. The first kappa shape index (κ1) is 16.8. The molecule has 1 aromatic rings. The summed E-state index contributed by atoms with van der Waals surface area (Å²) in [7, 11) is 0. The smallest absolute Gasteiger partial charge is 0.223 e. The molecule has 1 heterocycles. The number of benzene rings is 1. The van der Waals surface area contributed by atoms with Crippen LogP contribution in [0.2, 0.25) is 0 Å². The molecule has 2 heteroatoms. The van der Waals surface area contributed by atoms with E-state index in [1.165, 1.54) is 5.56 Å². The Morgan fingerprint density at radius 2 is 1.91 bits per heavy atom. The van der Waals surface area contributed by atoms with Crippen LogP contribution in [0.15, 0.2) is 42.5 Å². The molecule has 22 heavy (non-hydrogen) atoms. The summed E-state index contributed by atoms with van der Waals surface area (Å²) in [6, 6.07) is 10.5. The standard InChI is InChI=1S/C20H29NO/c1-16(2)20(14-17-10-7-6-8-11-17)12-9-13-21(20)18(22)15-19(3,4)5/h6-8,10-11H,1,9,12-15H2,2-5H3. The summed E-state index contributed by atoms with van der Waals surface area (Å²) < 4.78 is 0. The van der Waals surface area contributed by atoms with Crippen molar-refractivity contribution in [3.05, 3.63) is 48.0 Å². The van der Waals surface area contributed by atoms with Gasteiger partial charge < -0.3 is 4.90 Å². The average Bonchev–Trinajstić information content (AvgIpc) is 2.83. The molecule has 0 aromatic heterocycles. The lowest BCUT2D eigenvalue weighted by Crippen LogP contribution is -2.50. The molecule has 1 amide bonds. The number of rotatable bonds is 4. The fraction of sp³-hybridized carbons (Fsp3) is 0.550. The molecule has 2 rings (SSSR count). The Hall–Kier alpha value is -1.57. The van der Waals surface area contributed by atoms with Gasteiger partial charge in [-0.25, -0.2) is 0 Å². The van der Waals surface area contributed by atoms with Crippen molar-refractivity contribution < 1.29 is 4.79 Å². The van der Waals surface area contributed by atoms with Crippen molar-refractivity contribution in [1.82, 2.24) is 4.90 Å². The minimum Gasteiger partial charge on any atom is -0.333 e. The highest BCUT2D eigenvalue weighted by Crippen LogP contribution is 2.39. The van der Waals surface area contributed by atoms with Crippen molar-refractivity contribution in [3.8, 4) is 0 Å². The molecule has 120 valence electrons. The molecule has 1 unspecified atom stereocenters. The number of carbonyl (C=O) groups excluding carboxylic acids is 1. The summed E-state index contributed by atoms with van der Waals surface area (Å²) in [5.74, 6) is 0.268. The second kappa shape index (κ2) is 6.28. The van der Waals surface area contributed by atoms with Crippen molar-refractivity contribution >= 4 is 5.91 Å². The average molecular weight is 299 g/mol. The van der Waals surface area contributed by atoms with Crippen LogP contribution in [0.3, 0.4) is 0 Å². The van der Waals surface area contributed by atoms with Gasteiger partial charge in [0.25, 0.3) is 0 Å². The third-order valence-corrected chi connectivity index (χ3v) is 4.61. The maximum absolute atomic E-state index is 12.9. The maximum atomic E-state index is 12.9. The predicted octanol–water partition coefficient (Wildman–Crippen LogP) is 4.60. The molecule has 0 aliphatic carbocycles. The summed E-state index contributed by atoms with van der Waals surface area (Å²) in [6.07, 6.45) is 3.55. The van der Waals surface area contributed by atoms with Crippen molar-refractivity contribution in [2.45, 2.75) is 58.9 Å². The van der Waals surface area contributed by atoms with E-state index in [1.54, 1.807) is 0 Å². The monoisotopic (exact) mass is 299 g/mol. The normalized spacial score (nSPS) is 21.9. The lowest BCUT2D eigenvalue weighted by atomic mass is 9.81. The molecule has 1 atom stereocenters. The Morgan fingerprint density at radius 3 is 2.45 bits per heavy atom. The van der Waals surface area contributed by atoms with Gasteiger partial charge in [0.1, 0.15) is 0 Å². The van der Waals surface area contributed by atoms with E-state index >= 15 is 0 Å². The summed E-state index contributed by atoms with van der Waals surface area (Å²) >= 11 is 0. The van der Waals surface area contributed by atoms with Gasteiger partial charge in [-0.3, -0.25) is 4.79 Å². The summed E-state index contributed by atoms with van der Waals surface area (Å²) in [5.41, 5.74) is 2.20. The molecule has 0 bridgehead atoms. The molecule has 0 radical (unpaired) electrons. The summed E-state index contributed by atoms with van der Waals surface area (Å²) in [5, 5.41) is 0. The highest BCUT2D eigenvalue weighted by molar-refractivity contribution is 5.78. The molecule has 1 aliphatic heterocycles. The minimum atomic E-state index is -0.205. The van der Waals surface area contributed by atoms with Gasteiger partial charge in [-0.1, -0.05) is 63.3 Å². The van der Waals surface area contributed by atoms with Gasteiger partial charge in [0, 0.05) is 13.0 Å². The van der Waals surface area contributed by atoms with Crippen molar-refractivity contribution in [2.24, 2.45) is 5.41 Å². The van der Waals surface area contributed by atoms with Crippen molar-refractivity contribution in [2.75, 3.05) is 6.54 Å². The van der Waals surface area contributed by atoms with Gasteiger partial charge in [-0.05, 0) is 37.2 Å². The van der Waals surface area contributed by atoms with Crippen LogP contribution in [0.5, 0.6) is 0 Å². The molecule has 1 aliphatic rings. The largest absolute Gasteiger partial charge is 0.333 e. The van der Waals surface area contributed by atoms with Gasteiger partial charge in [-0.2, -0.15) is 0 Å². The van der Waals surface area contributed by atoms with E-state index in [1.807, 2.05) is 6.07 Å². The number of hydrogen-bond donors (Lipinski definition) is 0. The number of likely N-dealkylation sites (tertiary alicyclic amines) is 1. The maximum Gasteiger partial charge on any atom is 0.223 e. The van der Waals surface area contributed by atoms with Crippen LogP contribution < -0.4 is 0 Å². The number of amides is 1. The lowest BCUT2D eigenvalue weighted by molar-refractivity contribution is -0.136. The topological polar surface area (TPSA) is 20.3 Å². The van der Waals surface area contributed by atoms with E-state index in [9.17, 15) is 4.79 Å². The van der Waals surface area contributed by atoms with E-state index in [4.69, 9.17) is 0 Å². The van der Waals surface area contributed by atoms with Crippen LogP contribution >= 0.6 is 0 Å². The van der Waals surface area contributed by atoms with Gasteiger partial charge in [0.15, 0.2) is 0 Å². The molecule has 1 fully saturated rings. The van der Waals surface area contributed by atoms with E-state index in [-0.39, 0.29) is 16.9 Å². The van der Waals surface area contributed by atoms with Gasteiger partial charge in [0.05, 0.1) is 5.54 Å². The molecule has 2 nitrogen and oxygen atoms in total. The van der Waals surface area contributed by atoms with Crippen LogP contribution in [-0.4, -0.2) is 22.9 Å². The van der Waals surface area contributed by atoms with E-state index < -0.39 is 0 Å². The zero-order chi connectivity index (χ0) is 16.4. The van der Waals surface area contributed by atoms with E-state index in [0.717, 1.165) is 31.4 Å². The Balaban J connectivity index is 2.28. The minimum absolute atomic E-state index is 0.0211. The molecule has 0 saturated carbocycles. The first-order valence-corrected chi connectivity index (χ1v) is 8.25. The molecular weight excluding hydrogens is 270 g/mol. The third kappa shape index (κ3) is 3.60. The molecule has 1 saturated heterocycles. The van der Waals surface area contributed by atoms with Gasteiger partial charge >= 0.3 is 0 Å². The summed E-state index contributed by atoms with van der Waals surface area (Å²) in [6.45, 7) is 13.5. The Labute approximate surface area is 135 Å². The molecular formula is C20H29NO. The zero-order valence-corrected chi connectivity index (χ0v) is 14.5. The second-order valence-corrected chi connectivity index (χ2v) is 7.86. The Morgan fingerprint density at radius 1 is 1.27 bits per heavy atom. The third-order valence-electron chi connectivity index (χ3n) is 4.61. The van der Waals surface area contributed by atoms with E-state index in [2.05, 4.69) is 63.4 Å². The number of nitrogens with zero attached hydrogens (tertiary/aromatic N) is 1. The molecule has 0 N–H and O–H groups in total. The molecule has 0 spiro atoms. The van der Waals surface area contributed by atoms with Gasteiger partial charge in [0.2, 0.25) is 5.91 Å². The zero-order valence-electron chi connectivity index (χ0n) is 14.5. The lowest BCUT2D eigenvalue weighted by Gasteiger charge is -2.41. The summed E-state index contributed by atoms with van der Waals surface area (Å²) in [4.78, 5) is 15.0. The van der Waals surface area contributed by atoms with Crippen LogP contribution in [0, 0.1) is 5.41 Å². The fourth-order valence-electron chi connectivity index (χ4n) is 3.50. The van der Waals surface area contributed by atoms with Crippen LogP contribution in [-0.2, 0) is 11.2 Å². The highest BCUT2D eigenvalue weighted by Gasteiger charge is 2.44. The van der Waals surface area contributed by atoms with Crippen LogP contribution in [0.25, 0.3) is 0 Å². The fourth-order valence-corrected chi connectivity index (χ4v) is 3.50. The number of hydrogen-bond acceptors (Lipinski definition) is 1. The van der Waals surface area contributed by atoms with Crippen LogP contribution in [0.1, 0.15) is 52.5 Å². The van der Waals surface area contributed by atoms with Crippen molar-refractivity contribution in [3.63, 3.8) is 0 Å². The van der Waals surface area contributed by atoms with Gasteiger partial charge in [-0.15, -0.1) is 0 Å². The first-order valence-electron chi connectivity index (χ1n) is 8.25. The second-order valence-electron chi connectivity index (χ2n) is 7.86. The predicted molar refractivity (Wildman–Crippen MR) is 92.7 cm³/mol. The highest BCUT2D eigenvalue weighted by atomic mass is 16.2. The van der Waals surface area contributed by atoms with Crippen molar-refractivity contribution in [1.29, 1.82) is 0 Å². The Bertz CT molecular complexity index is 541. The molecule has 1 aromatic carbocycles.